The monoisotopic (exact) mass is 239 g/mol. The van der Waals surface area contributed by atoms with Crippen LogP contribution in [0.4, 0.5) is 0 Å². The van der Waals surface area contributed by atoms with Gasteiger partial charge in [-0.25, -0.2) is 0 Å². The van der Waals surface area contributed by atoms with Crippen LogP contribution in [-0.2, 0) is 11.2 Å². The maximum Gasteiger partial charge on any atom is 0.237 e. The van der Waals surface area contributed by atoms with Crippen molar-refractivity contribution >= 4 is 5.91 Å². The molecule has 7 N–H and O–H groups in total. The van der Waals surface area contributed by atoms with Gasteiger partial charge in [0, 0.05) is 13.1 Å². The summed E-state index contributed by atoms with van der Waals surface area (Å²) in [5, 5.41) is 21.0. The molecule has 0 saturated carbocycles. The summed E-state index contributed by atoms with van der Waals surface area (Å²) < 4.78 is 0. The number of amides is 1. The molecule has 0 fully saturated rings. The van der Waals surface area contributed by atoms with Gasteiger partial charge >= 0.3 is 0 Å². The molecular weight excluding hydrogens is 222 g/mol. The Morgan fingerprint density at radius 2 is 2.06 bits per heavy atom. The lowest BCUT2D eigenvalue weighted by molar-refractivity contribution is -0.122. The third kappa shape index (κ3) is 3.93. The first kappa shape index (κ1) is 13.3. The lowest BCUT2D eigenvalue weighted by atomic mass is 10.1. The number of carbonyl (C=O) groups is 1. The van der Waals surface area contributed by atoms with E-state index in [1.54, 1.807) is 6.07 Å². The third-order valence-electron chi connectivity index (χ3n) is 2.28. The largest absolute Gasteiger partial charge is 0.504 e. The van der Waals surface area contributed by atoms with Crippen LogP contribution in [0.1, 0.15) is 5.56 Å². The number of phenolic OH excluding ortho intramolecular Hbond substituents is 2. The standard InChI is InChI=1S/C11H17N3O3/c12-3-4-14-11(17)8(13)5-7-1-2-9(15)10(16)6-7/h1-2,6,8,15-16H,3-5,12-13H2,(H,14,17)/t8-/m0/s1. The van der Waals surface area contributed by atoms with E-state index in [0.717, 1.165) is 0 Å². The van der Waals surface area contributed by atoms with E-state index < -0.39 is 6.04 Å². The number of phenols is 2. The predicted molar refractivity (Wildman–Crippen MR) is 63.5 cm³/mol. The molecule has 6 nitrogen and oxygen atoms in total. The van der Waals surface area contributed by atoms with Crippen molar-refractivity contribution in [3.63, 3.8) is 0 Å². The molecule has 1 amide bonds. The van der Waals surface area contributed by atoms with Gasteiger partial charge in [-0.05, 0) is 24.1 Å². The van der Waals surface area contributed by atoms with E-state index in [1.165, 1.54) is 12.1 Å². The van der Waals surface area contributed by atoms with E-state index >= 15 is 0 Å². The first-order valence-corrected chi connectivity index (χ1v) is 5.28. The third-order valence-corrected chi connectivity index (χ3v) is 2.28. The molecule has 0 bridgehead atoms. The summed E-state index contributed by atoms with van der Waals surface area (Å²) in [4.78, 5) is 11.5. The molecule has 0 unspecified atom stereocenters. The molecule has 1 aromatic carbocycles. The van der Waals surface area contributed by atoms with Crippen molar-refractivity contribution in [2.24, 2.45) is 11.5 Å². The van der Waals surface area contributed by atoms with E-state index in [4.69, 9.17) is 16.6 Å². The Morgan fingerprint density at radius 3 is 2.65 bits per heavy atom. The Morgan fingerprint density at radius 1 is 1.35 bits per heavy atom. The highest BCUT2D eigenvalue weighted by Crippen LogP contribution is 2.25. The van der Waals surface area contributed by atoms with E-state index in [1.807, 2.05) is 0 Å². The first-order chi connectivity index (χ1) is 8.04. The van der Waals surface area contributed by atoms with E-state index in [2.05, 4.69) is 5.32 Å². The smallest absolute Gasteiger partial charge is 0.237 e. The highest BCUT2D eigenvalue weighted by Gasteiger charge is 2.14. The SMILES string of the molecule is NCCNC(=O)[C@@H](N)Cc1ccc(O)c(O)c1. The molecule has 0 saturated heterocycles. The van der Waals surface area contributed by atoms with Gasteiger partial charge in [-0.3, -0.25) is 4.79 Å². The number of carbonyl (C=O) groups excluding carboxylic acids is 1. The second kappa shape index (κ2) is 6.07. The van der Waals surface area contributed by atoms with Gasteiger partial charge in [0.05, 0.1) is 6.04 Å². The molecule has 94 valence electrons. The van der Waals surface area contributed by atoms with E-state index in [0.29, 0.717) is 18.7 Å². The van der Waals surface area contributed by atoms with Crippen LogP contribution < -0.4 is 16.8 Å². The van der Waals surface area contributed by atoms with Crippen molar-refractivity contribution in [2.45, 2.75) is 12.5 Å². The van der Waals surface area contributed by atoms with Crippen molar-refractivity contribution < 1.29 is 15.0 Å². The zero-order valence-electron chi connectivity index (χ0n) is 9.39. The maximum absolute atomic E-state index is 11.5. The number of hydrogen-bond donors (Lipinski definition) is 5. The zero-order valence-corrected chi connectivity index (χ0v) is 9.39. The number of rotatable bonds is 5. The Labute approximate surface area is 99.2 Å². The van der Waals surface area contributed by atoms with Gasteiger partial charge in [-0.1, -0.05) is 6.07 Å². The van der Waals surface area contributed by atoms with Crippen LogP contribution >= 0.6 is 0 Å². The molecule has 1 atom stereocenters. The maximum atomic E-state index is 11.5. The number of nitrogens with two attached hydrogens (primary N) is 2. The van der Waals surface area contributed by atoms with Crippen molar-refractivity contribution in [3.8, 4) is 11.5 Å². The number of nitrogens with one attached hydrogen (secondary N) is 1. The summed E-state index contributed by atoms with van der Waals surface area (Å²) in [6.45, 7) is 0.742. The normalized spacial score (nSPS) is 12.1. The Kier molecular flexibility index (Phi) is 4.74. The molecule has 0 aliphatic heterocycles. The van der Waals surface area contributed by atoms with Gasteiger partial charge in [0.2, 0.25) is 5.91 Å². The van der Waals surface area contributed by atoms with Crippen LogP contribution in [0.15, 0.2) is 18.2 Å². The summed E-state index contributed by atoms with van der Waals surface area (Å²) in [7, 11) is 0. The first-order valence-electron chi connectivity index (χ1n) is 5.28. The average Bonchev–Trinajstić information content (AvgIpc) is 2.30. The molecule has 0 spiro atoms. The van der Waals surface area contributed by atoms with Crippen molar-refractivity contribution in [3.05, 3.63) is 23.8 Å². The van der Waals surface area contributed by atoms with Crippen molar-refractivity contribution in [1.29, 1.82) is 0 Å². The molecule has 0 heterocycles. The summed E-state index contributed by atoms with van der Waals surface area (Å²) in [6, 6.07) is 3.64. The Bertz CT molecular complexity index is 396. The summed E-state index contributed by atoms with van der Waals surface area (Å²) in [5.74, 6) is -0.713. The number of benzene rings is 1. The molecule has 0 aliphatic carbocycles. The van der Waals surface area contributed by atoms with Crippen LogP contribution in [0.5, 0.6) is 11.5 Å². The number of hydrogen-bond acceptors (Lipinski definition) is 5. The summed E-state index contributed by atoms with van der Waals surface area (Å²) in [6.07, 6.45) is 0.282. The minimum atomic E-state index is -0.703. The van der Waals surface area contributed by atoms with Gasteiger partial charge in [0.1, 0.15) is 0 Å². The van der Waals surface area contributed by atoms with Gasteiger partial charge in [-0.15, -0.1) is 0 Å². The van der Waals surface area contributed by atoms with Gasteiger partial charge in [-0.2, -0.15) is 0 Å². The second-order valence-electron chi connectivity index (χ2n) is 3.71. The lowest BCUT2D eigenvalue weighted by Gasteiger charge is -2.12. The highest BCUT2D eigenvalue weighted by atomic mass is 16.3. The van der Waals surface area contributed by atoms with Crippen LogP contribution in [0.3, 0.4) is 0 Å². The van der Waals surface area contributed by atoms with E-state index in [-0.39, 0.29) is 23.8 Å². The van der Waals surface area contributed by atoms with Crippen LogP contribution in [0, 0.1) is 0 Å². The van der Waals surface area contributed by atoms with E-state index in [9.17, 15) is 9.90 Å². The highest BCUT2D eigenvalue weighted by molar-refractivity contribution is 5.81. The van der Waals surface area contributed by atoms with Crippen molar-refractivity contribution in [2.75, 3.05) is 13.1 Å². The van der Waals surface area contributed by atoms with Gasteiger partial charge in [0.25, 0.3) is 0 Å². The molecular formula is C11H17N3O3. The fraction of sp³-hybridized carbons (Fsp3) is 0.364. The second-order valence-corrected chi connectivity index (χ2v) is 3.71. The number of aromatic hydroxyl groups is 2. The van der Waals surface area contributed by atoms with Gasteiger partial charge < -0.3 is 27.0 Å². The van der Waals surface area contributed by atoms with Crippen LogP contribution in [-0.4, -0.2) is 35.3 Å². The minimum absolute atomic E-state index is 0.199. The molecule has 6 heteroatoms. The molecule has 0 radical (unpaired) electrons. The quantitative estimate of drug-likeness (QED) is 0.424. The Balaban J connectivity index is 2.58. The topological polar surface area (TPSA) is 122 Å². The van der Waals surface area contributed by atoms with Crippen LogP contribution in [0.25, 0.3) is 0 Å². The average molecular weight is 239 g/mol. The predicted octanol–water partition coefficient (Wildman–Crippen LogP) is -0.957. The minimum Gasteiger partial charge on any atom is -0.504 e. The van der Waals surface area contributed by atoms with Crippen molar-refractivity contribution in [1.82, 2.24) is 5.32 Å². The molecule has 1 aromatic rings. The molecule has 1 rings (SSSR count). The van der Waals surface area contributed by atoms with Crippen LogP contribution in [0.2, 0.25) is 0 Å². The Hall–Kier alpha value is -1.79. The fourth-order valence-corrected chi connectivity index (χ4v) is 1.37. The molecule has 0 aromatic heterocycles. The van der Waals surface area contributed by atoms with Gasteiger partial charge in [0.15, 0.2) is 11.5 Å². The summed E-state index contributed by atoms with van der Waals surface area (Å²) >= 11 is 0. The molecule has 17 heavy (non-hydrogen) atoms. The summed E-state index contributed by atoms with van der Waals surface area (Å²) in [5.41, 5.74) is 11.6. The fourth-order valence-electron chi connectivity index (χ4n) is 1.37. The molecule has 0 aliphatic rings. The zero-order chi connectivity index (χ0) is 12.8. The lowest BCUT2D eigenvalue weighted by Crippen LogP contribution is -2.43.